The van der Waals surface area contributed by atoms with Gasteiger partial charge >= 0.3 is 0 Å². The van der Waals surface area contributed by atoms with Crippen molar-refractivity contribution < 1.29 is 9.59 Å². The molecule has 1 aromatic carbocycles. The lowest BCUT2D eigenvalue weighted by Gasteiger charge is -2.27. The summed E-state index contributed by atoms with van der Waals surface area (Å²) in [6.07, 6.45) is 3.07. The van der Waals surface area contributed by atoms with E-state index in [1.807, 2.05) is 0 Å². The van der Waals surface area contributed by atoms with Crippen molar-refractivity contribution in [3.05, 3.63) is 35.4 Å². The molecule has 1 fully saturated rings. The van der Waals surface area contributed by atoms with Gasteiger partial charge in [0.25, 0.3) is 11.8 Å². The molecular formula is C17H23N3O2. The summed E-state index contributed by atoms with van der Waals surface area (Å²) < 4.78 is 0. The van der Waals surface area contributed by atoms with Gasteiger partial charge in [0.05, 0.1) is 11.1 Å². The number of fused-ring (bicyclic) bond motifs is 1. The Bertz CT molecular complexity index is 518. The smallest absolute Gasteiger partial charge is 0.261 e. The zero-order chi connectivity index (χ0) is 15.4. The highest BCUT2D eigenvalue weighted by Gasteiger charge is 2.34. The van der Waals surface area contributed by atoms with Crippen molar-refractivity contribution in [2.75, 3.05) is 39.3 Å². The van der Waals surface area contributed by atoms with E-state index in [-0.39, 0.29) is 11.8 Å². The third-order valence-electron chi connectivity index (χ3n) is 4.44. The van der Waals surface area contributed by atoms with E-state index in [1.54, 1.807) is 24.3 Å². The minimum Gasteiger partial charge on any atom is -0.314 e. The molecule has 2 amide bonds. The summed E-state index contributed by atoms with van der Waals surface area (Å²) in [6.45, 7) is 6.05. The summed E-state index contributed by atoms with van der Waals surface area (Å²) in [5.74, 6) is -0.273. The van der Waals surface area contributed by atoms with E-state index >= 15 is 0 Å². The Hall–Kier alpha value is -1.72. The zero-order valence-electron chi connectivity index (χ0n) is 12.9. The van der Waals surface area contributed by atoms with Gasteiger partial charge in [0.2, 0.25) is 0 Å². The summed E-state index contributed by atoms with van der Waals surface area (Å²) in [7, 11) is 0. The summed E-state index contributed by atoms with van der Waals surface area (Å²) in [5, 5.41) is 3.35. The molecule has 0 radical (unpaired) electrons. The lowest BCUT2D eigenvalue weighted by Crippen LogP contribution is -2.43. The molecular weight excluding hydrogens is 278 g/mol. The van der Waals surface area contributed by atoms with E-state index < -0.39 is 0 Å². The predicted molar refractivity (Wildman–Crippen MR) is 85.0 cm³/mol. The number of hydrogen-bond donors (Lipinski definition) is 1. The minimum absolute atomic E-state index is 0.136. The van der Waals surface area contributed by atoms with Gasteiger partial charge in [-0.15, -0.1) is 0 Å². The Morgan fingerprint density at radius 1 is 0.864 bits per heavy atom. The molecule has 0 spiro atoms. The van der Waals surface area contributed by atoms with Crippen LogP contribution in [-0.4, -0.2) is 60.9 Å². The standard InChI is InChI=1S/C17H23N3O2/c21-16-14-6-2-3-7-15(14)17(22)20(16)11-5-1-4-10-19-12-8-18-9-13-19/h2-3,6-7,18H,1,4-5,8-13H2. The number of rotatable bonds is 6. The van der Waals surface area contributed by atoms with Crippen LogP contribution in [0.4, 0.5) is 0 Å². The predicted octanol–water partition coefficient (Wildman–Crippen LogP) is 1.36. The molecule has 2 aliphatic heterocycles. The van der Waals surface area contributed by atoms with Gasteiger partial charge in [-0.2, -0.15) is 0 Å². The molecule has 3 rings (SSSR count). The molecule has 1 N–H and O–H groups in total. The second-order valence-electron chi connectivity index (χ2n) is 5.96. The quantitative estimate of drug-likeness (QED) is 0.637. The minimum atomic E-state index is -0.136. The van der Waals surface area contributed by atoms with E-state index in [0.717, 1.165) is 52.0 Å². The van der Waals surface area contributed by atoms with Crippen molar-refractivity contribution in [2.24, 2.45) is 0 Å². The van der Waals surface area contributed by atoms with Crippen molar-refractivity contribution in [1.82, 2.24) is 15.1 Å². The number of imide groups is 1. The number of hydrogen-bond acceptors (Lipinski definition) is 4. The fourth-order valence-electron chi connectivity index (χ4n) is 3.16. The van der Waals surface area contributed by atoms with Crippen molar-refractivity contribution in [1.29, 1.82) is 0 Å². The van der Waals surface area contributed by atoms with Crippen LogP contribution in [0.15, 0.2) is 24.3 Å². The monoisotopic (exact) mass is 301 g/mol. The third kappa shape index (κ3) is 3.20. The molecule has 0 aromatic heterocycles. The number of carbonyl (C=O) groups is 2. The Morgan fingerprint density at radius 2 is 1.45 bits per heavy atom. The first kappa shape index (κ1) is 15.2. The first-order chi connectivity index (χ1) is 10.8. The Morgan fingerprint density at radius 3 is 2.09 bits per heavy atom. The van der Waals surface area contributed by atoms with Crippen LogP contribution in [0.1, 0.15) is 40.0 Å². The van der Waals surface area contributed by atoms with Crippen molar-refractivity contribution in [2.45, 2.75) is 19.3 Å². The van der Waals surface area contributed by atoms with Gasteiger partial charge in [-0.3, -0.25) is 14.5 Å². The van der Waals surface area contributed by atoms with Crippen molar-refractivity contribution >= 4 is 11.8 Å². The average molecular weight is 301 g/mol. The SMILES string of the molecule is O=C1c2ccccc2C(=O)N1CCCCCN1CCNCC1. The highest BCUT2D eigenvalue weighted by molar-refractivity contribution is 6.21. The Balaban J connectivity index is 1.41. The number of piperazine rings is 1. The van der Waals surface area contributed by atoms with Crippen molar-refractivity contribution in [3.63, 3.8) is 0 Å². The first-order valence-corrected chi connectivity index (χ1v) is 8.15. The largest absolute Gasteiger partial charge is 0.314 e. The van der Waals surface area contributed by atoms with Gasteiger partial charge in [0, 0.05) is 32.7 Å². The fourth-order valence-corrected chi connectivity index (χ4v) is 3.16. The molecule has 1 aromatic rings. The maximum Gasteiger partial charge on any atom is 0.261 e. The number of unbranched alkanes of at least 4 members (excludes halogenated alkanes) is 2. The number of carbonyl (C=O) groups excluding carboxylic acids is 2. The van der Waals surface area contributed by atoms with Crippen molar-refractivity contribution in [3.8, 4) is 0 Å². The lowest BCUT2D eigenvalue weighted by atomic mass is 10.1. The van der Waals surface area contributed by atoms with Crippen LogP contribution in [-0.2, 0) is 0 Å². The molecule has 118 valence electrons. The Kier molecular flexibility index (Phi) is 4.85. The van der Waals surface area contributed by atoms with Crippen LogP contribution in [0.25, 0.3) is 0 Å². The zero-order valence-corrected chi connectivity index (χ0v) is 12.9. The number of amides is 2. The van der Waals surface area contributed by atoms with Crippen LogP contribution in [0, 0.1) is 0 Å². The second kappa shape index (κ2) is 7.03. The normalized spacial score (nSPS) is 18.8. The molecule has 1 saturated heterocycles. The molecule has 0 saturated carbocycles. The first-order valence-electron chi connectivity index (χ1n) is 8.15. The highest BCUT2D eigenvalue weighted by Crippen LogP contribution is 2.22. The van der Waals surface area contributed by atoms with Gasteiger partial charge < -0.3 is 10.2 Å². The molecule has 2 heterocycles. The van der Waals surface area contributed by atoms with E-state index in [9.17, 15) is 9.59 Å². The summed E-state index contributed by atoms with van der Waals surface area (Å²) in [4.78, 5) is 28.3. The summed E-state index contributed by atoms with van der Waals surface area (Å²) >= 11 is 0. The third-order valence-corrected chi connectivity index (χ3v) is 4.44. The molecule has 0 aliphatic carbocycles. The van der Waals surface area contributed by atoms with Gasteiger partial charge in [-0.05, 0) is 31.5 Å². The molecule has 22 heavy (non-hydrogen) atoms. The molecule has 2 aliphatic rings. The molecule has 0 bridgehead atoms. The van der Waals surface area contributed by atoms with Crippen LogP contribution < -0.4 is 5.32 Å². The van der Waals surface area contributed by atoms with Gasteiger partial charge in [-0.1, -0.05) is 18.6 Å². The van der Waals surface area contributed by atoms with Crippen LogP contribution >= 0.6 is 0 Å². The topological polar surface area (TPSA) is 52.7 Å². The van der Waals surface area contributed by atoms with Gasteiger partial charge in [0.15, 0.2) is 0 Å². The van der Waals surface area contributed by atoms with E-state index in [2.05, 4.69) is 10.2 Å². The average Bonchev–Trinajstić information content (AvgIpc) is 2.81. The molecule has 0 unspecified atom stereocenters. The van der Waals surface area contributed by atoms with Crippen LogP contribution in [0.3, 0.4) is 0 Å². The van der Waals surface area contributed by atoms with E-state index in [4.69, 9.17) is 0 Å². The fraction of sp³-hybridized carbons (Fsp3) is 0.529. The highest BCUT2D eigenvalue weighted by atomic mass is 16.2. The maximum atomic E-state index is 12.2. The number of benzene rings is 1. The molecule has 5 nitrogen and oxygen atoms in total. The summed E-state index contributed by atoms with van der Waals surface area (Å²) in [6, 6.07) is 7.09. The van der Waals surface area contributed by atoms with Crippen LogP contribution in [0.2, 0.25) is 0 Å². The number of nitrogens with one attached hydrogen (secondary N) is 1. The summed E-state index contributed by atoms with van der Waals surface area (Å²) in [5.41, 5.74) is 1.10. The van der Waals surface area contributed by atoms with E-state index in [0.29, 0.717) is 17.7 Å². The van der Waals surface area contributed by atoms with E-state index in [1.165, 1.54) is 4.90 Å². The second-order valence-corrected chi connectivity index (χ2v) is 5.96. The van der Waals surface area contributed by atoms with Crippen LogP contribution in [0.5, 0.6) is 0 Å². The Labute approximate surface area is 131 Å². The maximum absolute atomic E-state index is 12.2. The number of nitrogens with zero attached hydrogens (tertiary/aromatic N) is 2. The lowest BCUT2D eigenvalue weighted by molar-refractivity contribution is 0.0651. The molecule has 0 atom stereocenters. The van der Waals surface area contributed by atoms with Gasteiger partial charge in [-0.25, -0.2) is 0 Å². The van der Waals surface area contributed by atoms with Gasteiger partial charge in [0.1, 0.15) is 0 Å². The molecule has 5 heteroatoms.